The van der Waals surface area contributed by atoms with E-state index in [0.29, 0.717) is 5.13 Å². The van der Waals surface area contributed by atoms with Gasteiger partial charge in [0.05, 0.1) is 25.7 Å². The third kappa shape index (κ3) is 3.15. The molecule has 0 radical (unpaired) electrons. The van der Waals surface area contributed by atoms with E-state index in [1.807, 2.05) is 25.1 Å². The molecule has 3 aromatic rings. The molecule has 23 heavy (non-hydrogen) atoms. The molecule has 1 N–H and O–H groups in total. The molecule has 0 fully saturated rings. The van der Waals surface area contributed by atoms with Crippen molar-refractivity contribution in [1.29, 1.82) is 0 Å². The smallest absolute Gasteiger partial charge is 0.270 e. The second-order valence-corrected chi connectivity index (χ2v) is 6.30. The van der Waals surface area contributed by atoms with Crippen LogP contribution in [0.1, 0.15) is 15.9 Å². The highest BCUT2D eigenvalue weighted by Gasteiger charge is 2.17. The Morgan fingerprint density at radius 3 is 2.83 bits per heavy atom. The lowest BCUT2D eigenvalue weighted by Gasteiger charge is -2.03. The van der Waals surface area contributed by atoms with E-state index in [4.69, 9.17) is 11.6 Å². The lowest BCUT2D eigenvalue weighted by Crippen LogP contribution is -2.12. The molecule has 0 aliphatic carbocycles. The van der Waals surface area contributed by atoms with Gasteiger partial charge in [0, 0.05) is 12.1 Å². The molecule has 2 aromatic carbocycles. The van der Waals surface area contributed by atoms with Crippen molar-refractivity contribution in [3.63, 3.8) is 0 Å². The van der Waals surface area contributed by atoms with Crippen molar-refractivity contribution in [2.75, 3.05) is 5.32 Å². The third-order valence-electron chi connectivity index (χ3n) is 3.17. The van der Waals surface area contributed by atoms with Crippen LogP contribution in [0.4, 0.5) is 10.8 Å². The summed E-state index contributed by atoms with van der Waals surface area (Å²) in [6, 6.07) is 9.51. The fourth-order valence-electron chi connectivity index (χ4n) is 2.05. The Morgan fingerprint density at radius 2 is 2.09 bits per heavy atom. The summed E-state index contributed by atoms with van der Waals surface area (Å²) in [5.41, 5.74) is 1.72. The Balaban J connectivity index is 1.91. The van der Waals surface area contributed by atoms with Crippen molar-refractivity contribution in [3.8, 4) is 0 Å². The van der Waals surface area contributed by atoms with Crippen molar-refractivity contribution in [2.24, 2.45) is 0 Å². The number of non-ortho nitro benzene ring substituents is 1. The molecule has 0 aliphatic heterocycles. The summed E-state index contributed by atoms with van der Waals surface area (Å²) in [7, 11) is 0. The van der Waals surface area contributed by atoms with Crippen molar-refractivity contribution >= 4 is 49.9 Å². The quantitative estimate of drug-likeness (QED) is 0.561. The molecular formula is C15H10ClN3O3S. The highest BCUT2D eigenvalue weighted by atomic mass is 35.5. The third-order valence-corrected chi connectivity index (χ3v) is 4.43. The van der Waals surface area contributed by atoms with E-state index in [9.17, 15) is 14.9 Å². The first-order chi connectivity index (χ1) is 10.9. The van der Waals surface area contributed by atoms with Crippen LogP contribution in [0.2, 0.25) is 5.02 Å². The Labute approximate surface area is 139 Å². The van der Waals surface area contributed by atoms with Crippen LogP contribution >= 0.6 is 22.9 Å². The number of thiazole rings is 1. The average Bonchev–Trinajstić information content (AvgIpc) is 2.88. The van der Waals surface area contributed by atoms with Gasteiger partial charge in [0.25, 0.3) is 11.6 Å². The Morgan fingerprint density at radius 1 is 1.30 bits per heavy atom. The van der Waals surface area contributed by atoms with Gasteiger partial charge in [-0.05, 0) is 30.7 Å². The number of aromatic nitrogens is 1. The molecule has 6 nitrogen and oxygen atoms in total. The van der Waals surface area contributed by atoms with Crippen molar-refractivity contribution in [1.82, 2.24) is 4.98 Å². The van der Waals surface area contributed by atoms with Gasteiger partial charge in [0.2, 0.25) is 0 Å². The summed E-state index contributed by atoms with van der Waals surface area (Å²) < 4.78 is 0.949. The van der Waals surface area contributed by atoms with Crippen LogP contribution < -0.4 is 5.32 Å². The molecule has 1 amide bonds. The molecule has 1 heterocycles. The zero-order chi connectivity index (χ0) is 16.6. The van der Waals surface area contributed by atoms with Gasteiger partial charge in [-0.2, -0.15) is 0 Å². The molecule has 0 saturated carbocycles. The summed E-state index contributed by atoms with van der Waals surface area (Å²) in [6.07, 6.45) is 0. The SMILES string of the molecule is Cc1ccc2nc(NC(=O)c3cc([N+](=O)[O-])ccc3Cl)sc2c1. The molecule has 0 bridgehead atoms. The van der Waals surface area contributed by atoms with E-state index in [2.05, 4.69) is 10.3 Å². The van der Waals surface area contributed by atoms with Crippen LogP contribution in [-0.4, -0.2) is 15.8 Å². The maximum absolute atomic E-state index is 12.3. The first-order valence-corrected chi connectivity index (χ1v) is 7.76. The fraction of sp³-hybridized carbons (Fsp3) is 0.0667. The highest BCUT2D eigenvalue weighted by molar-refractivity contribution is 7.22. The second-order valence-electron chi connectivity index (χ2n) is 4.87. The van der Waals surface area contributed by atoms with Gasteiger partial charge in [-0.3, -0.25) is 20.2 Å². The molecule has 0 aliphatic rings. The number of fused-ring (bicyclic) bond motifs is 1. The summed E-state index contributed by atoms with van der Waals surface area (Å²) in [6.45, 7) is 1.97. The number of anilines is 1. The zero-order valence-corrected chi connectivity index (χ0v) is 13.4. The van der Waals surface area contributed by atoms with Gasteiger partial charge in [-0.1, -0.05) is 29.0 Å². The number of hydrogen-bond donors (Lipinski definition) is 1. The number of amides is 1. The number of aryl methyl sites for hydroxylation is 1. The van der Waals surface area contributed by atoms with Crippen LogP contribution in [0, 0.1) is 17.0 Å². The lowest BCUT2D eigenvalue weighted by molar-refractivity contribution is -0.384. The first kappa shape index (κ1) is 15.4. The van der Waals surface area contributed by atoms with Crippen molar-refractivity contribution < 1.29 is 9.72 Å². The van der Waals surface area contributed by atoms with E-state index < -0.39 is 10.8 Å². The lowest BCUT2D eigenvalue weighted by atomic mass is 10.2. The van der Waals surface area contributed by atoms with E-state index >= 15 is 0 Å². The van der Waals surface area contributed by atoms with Crippen molar-refractivity contribution in [2.45, 2.75) is 6.92 Å². The molecule has 0 saturated heterocycles. The predicted molar refractivity (Wildman–Crippen MR) is 90.4 cm³/mol. The number of hydrogen-bond acceptors (Lipinski definition) is 5. The number of carbonyl (C=O) groups is 1. The normalized spacial score (nSPS) is 10.7. The molecule has 0 spiro atoms. The molecular weight excluding hydrogens is 338 g/mol. The van der Waals surface area contributed by atoms with E-state index in [-0.39, 0.29) is 16.3 Å². The Hall–Kier alpha value is -2.51. The minimum Gasteiger partial charge on any atom is -0.298 e. The molecule has 3 rings (SSSR count). The molecule has 0 unspecified atom stereocenters. The minimum absolute atomic E-state index is 0.0382. The Bertz CT molecular complexity index is 939. The van der Waals surface area contributed by atoms with Crippen molar-refractivity contribution in [3.05, 3.63) is 62.7 Å². The highest BCUT2D eigenvalue weighted by Crippen LogP contribution is 2.28. The second kappa shape index (κ2) is 5.94. The van der Waals surface area contributed by atoms with Crippen LogP contribution in [-0.2, 0) is 0 Å². The standard InChI is InChI=1S/C15H10ClN3O3S/c1-8-2-5-12-13(6-8)23-15(17-12)18-14(20)10-7-9(19(21)22)3-4-11(10)16/h2-7H,1H3,(H,17,18,20). The van der Waals surface area contributed by atoms with Gasteiger partial charge in [0.1, 0.15) is 0 Å². The topological polar surface area (TPSA) is 85.1 Å². The number of carbonyl (C=O) groups excluding carboxylic acids is 1. The number of nitrogens with zero attached hydrogens (tertiary/aromatic N) is 2. The van der Waals surface area contributed by atoms with E-state index in [1.54, 1.807) is 0 Å². The number of halogens is 1. The zero-order valence-electron chi connectivity index (χ0n) is 11.9. The number of nitro benzene ring substituents is 1. The number of nitrogens with one attached hydrogen (secondary N) is 1. The molecule has 1 aromatic heterocycles. The van der Waals surface area contributed by atoms with Crippen LogP contribution in [0.15, 0.2) is 36.4 Å². The number of nitro groups is 1. The van der Waals surface area contributed by atoms with Crippen LogP contribution in [0.5, 0.6) is 0 Å². The number of rotatable bonds is 3. The van der Waals surface area contributed by atoms with Gasteiger partial charge in [-0.25, -0.2) is 4.98 Å². The van der Waals surface area contributed by atoms with Gasteiger partial charge in [0.15, 0.2) is 5.13 Å². The van der Waals surface area contributed by atoms with Gasteiger partial charge >= 0.3 is 0 Å². The van der Waals surface area contributed by atoms with Crippen LogP contribution in [0.25, 0.3) is 10.2 Å². The number of benzene rings is 2. The van der Waals surface area contributed by atoms with Gasteiger partial charge in [-0.15, -0.1) is 0 Å². The fourth-order valence-corrected chi connectivity index (χ4v) is 3.21. The average molecular weight is 348 g/mol. The maximum Gasteiger partial charge on any atom is 0.270 e. The van der Waals surface area contributed by atoms with Crippen LogP contribution in [0.3, 0.4) is 0 Å². The monoisotopic (exact) mass is 347 g/mol. The maximum atomic E-state index is 12.3. The van der Waals surface area contributed by atoms with Gasteiger partial charge < -0.3 is 0 Å². The molecule has 0 atom stereocenters. The minimum atomic E-state index is -0.576. The summed E-state index contributed by atoms with van der Waals surface area (Å²) in [4.78, 5) is 26.9. The summed E-state index contributed by atoms with van der Waals surface area (Å²) >= 11 is 7.29. The molecule has 8 heteroatoms. The van der Waals surface area contributed by atoms with E-state index in [1.165, 1.54) is 23.5 Å². The Kier molecular flexibility index (Phi) is 3.97. The predicted octanol–water partition coefficient (Wildman–Crippen LogP) is 4.42. The first-order valence-electron chi connectivity index (χ1n) is 6.56. The summed E-state index contributed by atoms with van der Waals surface area (Å²) in [5.74, 6) is -0.533. The van der Waals surface area contributed by atoms with E-state index in [0.717, 1.165) is 21.8 Å². The molecule has 116 valence electrons. The summed E-state index contributed by atoms with van der Waals surface area (Å²) in [5, 5.41) is 14.0. The largest absolute Gasteiger partial charge is 0.298 e.